The largest absolute Gasteiger partial charge is 0.406 e. The van der Waals surface area contributed by atoms with Crippen molar-refractivity contribution in [1.29, 1.82) is 0 Å². The lowest BCUT2D eigenvalue weighted by Gasteiger charge is -2.44. The Bertz CT molecular complexity index is 636. The number of imidazole rings is 1. The SMILES string of the molecule is CN=C(NCc1nccn1CC(F)(F)F)N1CCCC2(CCCCCC2)C1.I. The number of aliphatic imine (C=N–C) groups is 1. The van der Waals surface area contributed by atoms with E-state index in [1.165, 1.54) is 57.3 Å². The Hall–Kier alpha value is -1.00. The number of guanidine groups is 1. The second-order valence-electron chi connectivity index (χ2n) is 7.93. The lowest BCUT2D eigenvalue weighted by molar-refractivity contribution is -0.141. The number of rotatable bonds is 3. The first kappa shape index (κ1) is 23.3. The average Bonchev–Trinajstić information content (AvgIpc) is 2.91. The summed E-state index contributed by atoms with van der Waals surface area (Å²) >= 11 is 0. The molecule has 28 heavy (non-hydrogen) atoms. The smallest absolute Gasteiger partial charge is 0.349 e. The van der Waals surface area contributed by atoms with E-state index >= 15 is 0 Å². The van der Waals surface area contributed by atoms with Gasteiger partial charge >= 0.3 is 6.18 Å². The number of piperidine rings is 1. The van der Waals surface area contributed by atoms with Crippen LogP contribution in [0.5, 0.6) is 0 Å². The highest BCUT2D eigenvalue weighted by molar-refractivity contribution is 14.0. The third kappa shape index (κ3) is 6.25. The molecule has 1 saturated heterocycles. The predicted molar refractivity (Wildman–Crippen MR) is 115 cm³/mol. The standard InChI is InChI=1S/C19H30F3N5.HI/c1-23-17(25-13-16-24-10-12-26(16)15-19(20,21)22)27-11-6-9-18(14-27)7-4-2-3-5-8-18;/h10,12H,2-9,11,13-15H2,1H3,(H,23,25);1H. The summed E-state index contributed by atoms with van der Waals surface area (Å²) in [5.41, 5.74) is 0.376. The highest BCUT2D eigenvalue weighted by Crippen LogP contribution is 2.42. The van der Waals surface area contributed by atoms with E-state index in [0.29, 0.717) is 11.2 Å². The average molecular weight is 513 g/mol. The zero-order valence-electron chi connectivity index (χ0n) is 16.5. The van der Waals surface area contributed by atoms with Gasteiger partial charge in [-0.25, -0.2) is 4.98 Å². The molecule has 5 nitrogen and oxygen atoms in total. The third-order valence-electron chi connectivity index (χ3n) is 5.89. The molecule has 1 aromatic heterocycles. The van der Waals surface area contributed by atoms with Crippen LogP contribution in [0.2, 0.25) is 0 Å². The molecule has 1 spiro atoms. The number of halogens is 4. The van der Waals surface area contributed by atoms with Crippen molar-refractivity contribution in [3.8, 4) is 0 Å². The molecule has 1 saturated carbocycles. The summed E-state index contributed by atoms with van der Waals surface area (Å²) in [4.78, 5) is 10.7. The van der Waals surface area contributed by atoms with Crippen LogP contribution >= 0.6 is 24.0 Å². The fraction of sp³-hybridized carbons (Fsp3) is 0.789. The molecule has 0 atom stereocenters. The molecule has 1 aliphatic carbocycles. The van der Waals surface area contributed by atoms with Gasteiger partial charge in [0.25, 0.3) is 0 Å². The molecule has 0 amide bonds. The molecule has 1 aliphatic heterocycles. The molecule has 2 heterocycles. The van der Waals surface area contributed by atoms with Gasteiger partial charge in [0.2, 0.25) is 0 Å². The predicted octanol–water partition coefficient (Wildman–Crippen LogP) is 4.58. The maximum Gasteiger partial charge on any atom is 0.406 e. The van der Waals surface area contributed by atoms with Gasteiger partial charge in [-0.15, -0.1) is 24.0 Å². The van der Waals surface area contributed by atoms with E-state index in [4.69, 9.17) is 0 Å². The monoisotopic (exact) mass is 513 g/mol. The Balaban J connectivity index is 0.00000280. The first-order chi connectivity index (χ1) is 12.9. The van der Waals surface area contributed by atoms with E-state index in [1.54, 1.807) is 7.05 Å². The van der Waals surface area contributed by atoms with Crippen LogP contribution in [0, 0.1) is 5.41 Å². The van der Waals surface area contributed by atoms with Crippen molar-refractivity contribution in [2.24, 2.45) is 10.4 Å². The fourth-order valence-electron chi connectivity index (χ4n) is 4.61. The maximum absolute atomic E-state index is 12.7. The highest BCUT2D eigenvalue weighted by Gasteiger charge is 2.36. The molecular formula is C19H31F3IN5. The van der Waals surface area contributed by atoms with Crippen LogP contribution in [-0.4, -0.2) is 46.7 Å². The van der Waals surface area contributed by atoms with Crippen LogP contribution in [0.1, 0.15) is 57.2 Å². The Kier molecular flexibility index (Phi) is 8.44. The molecule has 0 bridgehead atoms. The van der Waals surface area contributed by atoms with Crippen LogP contribution in [0.4, 0.5) is 13.2 Å². The number of likely N-dealkylation sites (tertiary alicyclic amines) is 1. The molecule has 3 rings (SSSR count). The van der Waals surface area contributed by atoms with E-state index in [0.717, 1.165) is 30.0 Å². The van der Waals surface area contributed by atoms with Crippen molar-refractivity contribution in [2.75, 3.05) is 20.1 Å². The van der Waals surface area contributed by atoms with Gasteiger partial charge in [-0.3, -0.25) is 4.99 Å². The summed E-state index contributed by atoms with van der Waals surface area (Å²) in [6.45, 7) is 1.15. The van der Waals surface area contributed by atoms with Gasteiger partial charge in [-0.05, 0) is 31.1 Å². The quantitative estimate of drug-likeness (QED) is 0.366. The first-order valence-electron chi connectivity index (χ1n) is 9.93. The van der Waals surface area contributed by atoms with Crippen molar-refractivity contribution in [3.05, 3.63) is 18.2 Å². The second kappa shape index (κ2) is 10.2. The van der Waals surface area contributed by atoms with Crippen molar-refractivity contribution in [2.45, 2.75) is 70.6 Å². The summed E-state index contributed by atoms with van der Waals surface area (Å²) in [6.07, 6.45) is 8.75. The van der Waals surface area contributed by atoms with Gasteiger partial charge in [-0.2, -0.15) is 13.2 Å². The lowest BCUT2D eigenvalue weighted by atomic mass is 9.74. The zero-order chi connectivity index (χ0) is 19.3. The second-order valence-corrected chi connectivity index (χ2v) is 7.93. The Morgan fingerprint density at radius 3 is 2.50 bits per heavy atom. The fourth-order valence-corrected chi connectivity index (χ4v) is 4.61. The van der Waals surface area contributed by atoms with Crippen molar-refractivity contribution in [1.82, 2.24) is 19.8 Å². The van der Waals surface area contributed by atoms with Crippen molar-refractivity contribution in [3.63, 3.8) is 0 Å². The highest BCUT2D eigenvalue weighted by atomic mass is 127. The Morgan fingerprint density at radius 1 is 1.18 bits per heavy atom. The number of aromatic nitrogens is 2. The molecule has 0 aromatic carbocycles. The zero-order valence-corrected chi connectivity index (χ0v) is 18.8. The Morgan fingerprint density at radius 2 is 1.86 bits per heavy atom. The van der Waals surface area contributed by atoms with Gasteiger partial charge in [0, 0.05) is 32.5 Å². The van der Waals surface area contributed by atoms with E-state index in [2.05, 4.69) is 20.2 Å². The summed E-state index contributed by atoms with van der Waals surface area (Å²) in [6, 6.07) is 0. The molecule has 2 aliphatic rings. The molecule has 0 unspecified atom stereocenters. The van der Waals surface area contributed by atoms with Crippen molar-refractivity contribution < 1.29 is 13.2 Å². The van der Waals surface area contributed by atoms with Gasteiger partial charge in [0.05, 0.1) is 6.54 Å². The molecule has 2 fully saturated rings. The van der Waals surface area contributed by atoms with Gasteiger partial charge in [-0.1, -0.05) is 25.7 Å². The van der Waals surface area contributed by atoms with Gasteiger partial charge in [0.15, 0.2) is 5.96 Å². The summed E-state index contributed by atoms with van der Waals surface area (Å²) in [5.74, 6) is 1.13. The van der Waals surface area contributed by atoms with Crippen molar-refractivity contribution >= 4 is 29.9 Å². The maximum atomic E-state index is 12.7. The van der Waals surface area contributed by atoms with Crippen LogP contribution < -0.4 is 5.32 Å². The van der Waals surface area contributed by atoms with Gasteiger partial charge in [0.1, 0.15) is 12.4 Å². The number of alkyl halides is 3. The molecule has 1 N–H and O–H groups in total. The first-order valence-corrected chi connectivity index (χ1v) is 9.93. The van der Waals surface area contributed by atoms with E-state index in [-0.39, 0.29) is 30.5 Å². The minimum absolute atomic E-state index is 0. The summed E-state index contributed by atoms with van der Waals surface area (Å²) in [7, 11) is 1.74. The molecule has 9 heteroatoms. The lowest BCUT2D eigenvalue weighted by Crippen LogP contribution is -2.50. The minimum atomic E-state index is -4.25. The van der Waals surface area contributed by atoms with Crippen LogP contribution in [0.15, 0.2) is 17.4 Å². The summed E-state index contributed by atoms with van der Waals surface area (Å²) in [5, 5.41) is 3.23. The van der Waals surface area contributed by atoms with E-state index in [1.807, 2.05) is 0 Å². The Labute approximate surface area is 182 Å². The molecular weight excluding hydrogens is 482 g/mol. The normalized spacial score (nSPS) is 20.6. The third-order valence-corrected chi connectivity index (χ3v) is 5.89. The molecule has 0 radical (unpaired) electrons. The number of hydrogen-bond donors (Lipinski definition) is 1. The molecule has 1 aromatic rings. The minimum Gasteiger partial charge on any atom is -0.349 e. The molecule has 160 valence electrons. The van der Waals surface area contributed by atoms with E-state index < -0.39 is 12.7 Å². The number of nitrogens with one attached hydrogen (secondary N) is 1. The summed E-state index contributed by atoms with van der Waals surface area (Å²) < 4.78 is 39.2. The van der Waals surface area contributed by atoms with Crippen LogP contribution in [0.3, 0.4) is 0 Å². The van der Waals surface area contributed by atoms with Gasteiger partial charge < -0.3 is 14.8 Å². The number of nitrogens with zero attached hydrogens (tertiary/aromatic N) is 4. The van der Waals surface area contributed by atoms with Crippen LogP contribution in [0.25, 0.3) is 0 Å². The topological polar surface area (TPSA) is 45.5 Å². The van der Waals surface area contributed by atoms with Crippen LogP contribution in [-0.2, 0) is 13.1 Å². The van der Waals surface area contributed by atoms with E-state index in [9.17, 15) is 13.2 Å². The number of hydrogen-bond acceptors (Lipinski definition) is 2.